The van der Waals surface area contributed by atoms with Crippen molar-refractivity contribution in [2.24, 2.45) is 0 Å². The number of benzene rings is 1. The summed E-state index contributed by atoms with van der Waals surface area (Å²) in [7, 11) is 1.32. The van der Waals surface area contributed by atoms with E-state index in [1.807, 2.05) is 0 Å². The number of hydrogen-bond donors (Lipinski definition) is 0. The second-order valence-corrected chi connectivity index (χ2v) is 3.87. The van der Waals surface area contributed by atoms with Crippen LogP contribution in [0.4, 0.5) is 8.78 Å². The highest BCUT2D eigenvalue weighted by Crippen LogP contribution is 2.12. The highest BCUT2D eigenvalue weighted by molar-refractivity contribution is 6.04. The predicted octanol–water partition coefficient (Wildman–Crippen LogP) is 3.20. The molecule has 0 fully saturated rings. The molecule has 1 aromatic rings. The molecule has 0 saturated heterocycles. The summed E-state index contributed by atoms with van der Waals surface area (Å²) in [5.41, 5.74) is 1.46. The molecule has 0 aromatic heterocycles. The van der Waals surface area contributed by atoms with Crippen LogP contribution < -0.4 is 0 Å². The normalized spacial score (nSPS) is 12.4. The molecule has 5 heteroatoms. The lowest BCUT2D eigenvalue weighted by molar-refractivity contribution is -0.238. The van der Waals surface area contributed by atoms with Crippen molar-refractivity contribution in [2.45, 2.75) is 25.7 Å². The van der Waals surface area contributed by atoms with E-state index in [9.17, 15) is 13.6 Å². The fourth-order valence-electron chi connectivity index (χ4n) is 1.59. The number of ketones is 1. The van der Waals surface area contributed by atoms with E-state index in [1.54, 1.807) is 24.3 Å². The third-order valence-electron chi connectivity index (χ3n) is 2.61. The molecule has 0 spiro atoms. The largest absolute Gasteiger partial charge is 0.356 e. The summed E-state index contributed by atoms with van der Waals surface area (Å²) in [6.45, 7) is 0.554. The molecule has 104 valence electrons. The smallest absolute Gasteiger partial charge is 0.347 e. The van der Waals surface area contributed by atoms with Crippen molar-refractivity contribution >= 4 is 5.78 Å². The standard InChI is InChI=1S/C14H16F2O3/c1-3-12(17)11-7-4-10(5-8-11)6-9-13(18-2)19-14(15)16/h3-5,7-8,13-14H,1,6,9H2,2H3. The Hall–Kier alpha value is -1.59. The molecule has 0 radical (unpaired) electrons. The molecule has 0 N–H and O–H groups in total. The highest BCUT2D eigenvalue weighted by Gasteiger charge is 2.14. The number of aryl methyl sites for hydroxylation is 1. The maximum atomic E-state index is 12.0. The average molecular weight is 270 g/mol. The van der Waals surface area contributed by atoms with Gasteiger partial charge in [-0.15, -0.1) is 0 Å². The van der Waals surface area contributed by atoms with Gasteiger partial charge in [-0.05, 0) is 18.1 Å². The monoisotopic (exact) mass is 270 g/mol. The van der Waals surface area contributed by atoms with Gasteiger partial charge in [-0.2, -0.15) is 8.78 Å². The molecule has 0 bridgehead atoms. The summed E-state index contributed by atoms with van der Waals surface area (Å²) in [6.07, 6.45) is 1.14. The minimum atomic E-state index is -2.85. The number of carbonyl (C=O) groups excluding carboxylic acids is 1. The first-order chi connectivity index (χ1) is 9.06. The van der Waals surface area contributed by atoms with Crippen molar-refractivity contribution in [3.8, 4) is 0 Å². The van der Waals surface area contributed by atoms with Crippen LogP contribution in [0.5, 0.6) is 0 Å². The summed E-state index contributed by atoms with van der Waals surface area (Å²) in [5, 5.41) is 0. The Bertz CT molecular complexity index is 415. The molecule has 0 amide bonds. The summed E-state index contributed by atoms with van der Waals surface area (Å²) in [5.74, 6) is -0.151. The van der Waals surface area contributed by atoms with Gasteiger partial charge >= 0.3 is 6.61 Å². The summed E-state index contributed by atoms with van der Waals surface area (Å²) >= 11 is 0. The number of carbonyl (C=O) groups is 1. The Labute approximate surface area is 110 Å². The van der Waals surface area contributed by atoms with Crippen molar-refractivity contribution in [1.29, 1.82) is 0 Å². The van der Waals surface area contributed by atoms with Crippen molar-refractivity contribution in [1.82, 2.24) is 0 Å². The van der Waals surface area contributed by atoms with Crippen molar-refractivity contribution in [2.75, 3.05) is 7.11 Å². The molecule has 19 heavy (non-hydrogen) atoms. The number of halogens is 2. The van der Waals surface area contributed by atoms with Crippen molar-refractivity contribution in [3.63, 3.8) is 0 Å². The first kappa shape index (κ1) is 15.5. The van der Waals surface area contributed by atoms with Gasteiger partial charge in [0.05, 0.1) is 0 Å². The number of methoxy groups -OCH3 is 1. The topological polar surface area (TPSA) is 35.5 Å². The minimum Gasteiger partial charge on any atom is -0.356 e. The summed E-state index contributed by atoms with van der Waals surface area (Å²) in [4.78, 5) is 11.3. The van der Waals surface area contributed by atoms with Crippen LogP contribution in [0.15, 0.2) is 36.9 Å². The lowest BCUT2D eigenvalue weighted by Gasteiger charge is -2.15. The van der Waals surface area contributed by atoms with E-state index in [4.69, 9.17) is 4.74 Å². The van der Waals surface area contributed by atoms with E-state index in [0.29, 0.717) is 18.4 Å². The van der Waals surface area contributed by atoms with Gasteiger partial charge in [0.2, 0.25) is 0 Å². The molecular formula is C14H16F2O3. The van der Waals surface area contributed by atoms with E-state index in [-0.39, 0.29) is 5.78 Å². The molecule has 0 aliphatic carbocycles. The SMILES string of the molecule is C=CC(=O)c1ccc(CCC(OC)OC(F)F)cc1. The van der Waals surface area contributed by atoms with Crippen LogP contribution in [0, 0.1) is 0 Å². The maximum Gasteiger partial charge on any atom is 0.347 e. The molecule has 0 aliphatic rings. The third-order valence-corrected chi connectivity index (χ3v) is 2.61. The molecular weight excluding hydrogens is 254 g/mol. The Morgan fingerprint density at radius 3 is 2.47 bits per heavy atom. The zero-order valence-corrected chi connectivity index (χ0v) is 10.6. The van der Waals surface area contributed by atoms with Crippen LogP contribution in [-0.4, -0.2) is 25.8 Å². The van der Waals surface area contributed by atoms with Crippen LogP contribution in [0.25, 0.3) is 0 Å². The zero-order valence-electron chi connectivity index (χ0n) is 10.6. The summed E-state index contributed by atoms with van der Waals surface area (Å²) < 4.78 is 33.1. The first-order valence-electron chi connectivity index (χ1n) is 5.79. The lowest BCUT2D eigenvalue weighted by Crippen LogP contribution is -2.19. The van der Waals surface area contributed by atoms with Crippen LogP contribution >= 0.6 is 0 Å². The Kier molecular flexibility index (Phi) is 6.32. The van der Waals surface area contributed by atoms with Crippen molar-refractivity contribution in [3.05, 3.63) is 48.0 Å². The second kappa shape index (κ2) is 7.76. The molecule has 1 atom stereocenters. The van der Waals surface area contributed by atoms with Gasteiger partial charge in [0, 0.05) is 19.1 Å². The highest BCUT2D eigenvalue weighted by atomic mass is 19.3. The van der Waals surface area contributed by atoms with E-state index < -0.39 is 12.9 Å². The molecule has 0 aliphatic heterocycles. The van der Waals surface area contributed by atoms with Crippen LogP contribution in [0.1, 0.15) is 22.3 Å². The summed E-state index contributed by atoms with van der Waals surface area (Å²) in [6, 6.07) is 6.89. The Morgan fingerprint density at radius 1 is 1.37 bits per heavy atom. The molecule has 0 saturated carbocycles. The molecule has 1 aromatic carbocycles. The van der Waals surface area contributed by atoms with E-state index in [1.165, 1.54) is 13.2 Å². The van der Waals surface area contributed by atoms with E-state index in [2.05, 4.69) is 11.3 Å². The molecule has 1 rings (SSSR count). The average Bonchev–Trinajstić information content (AvgIpc) is 2.42. The van der Waals surface area contributed by atoms with Crippen LogP contribution in [-0.2, 0) is 15.9 Å². The van der Waals surface area contributed by atoms with Crippen LogP contribution in [0.3, 0.4) is 0 Å². The van der Waals surface area contributed by atoms with Gasteiger partial charge in [0.25, 0.3) is 0 Å². The van der Waals surface area contributed by atoms with E-state index >= 15 is 0 Å². The van der Waals surface area contributed by atoms with Gasteiger partial charge in [0.15, 0.2) is 12.1 Å². The lowest BCUT2D eigenvalue weighted by atomic mass is 10.0. The third kappa shape index (κ3) is 5.28. The number of alkyl halides is 2. The second-order valence-electron chi connectivity index (χ2n) is 3.87. The quantitative estimate of drug-likeness (QED) is 0.413. The molecule has 0 heterocycles. The fourth-order valence-corrected chi connectivity index (χ4v) is 1.59. The number of ether oxygens (including phenoxy) is 2. The van der Waals surface area contributed by atoms with E-state index in [0.717, 1.165) is 5.56 Å². The zero-order chi connectivity index (χ0) is 14.3. The van der Waals surface area contributed by atoms with Gasteiger partial charge < -0.3 is 4.74 Å². The molecule has 3 nitrogen and oxygen atoms in total. The van der Waals surface area contributed by atoms with Crippen LogP contribution in [0.2, 0.25) is 0 Å². The first-order valence-corrected chi connectivity index (χ1v) is 5.79. The number of rotatable bonds is 8. The Balaban J connectivity index is 2.53. The van der Waals surface area contributed by atoms with Crippen molar-refractivity contribution < 1.29 is 23.0 Å². The number of hydrogen-bond acceptors (Lipinski definition) is 3. The maximum absolute atomic E-state index is 12.0. The Morgan fingerprint density at radius 2 is 2.00 bits per heavy atom. The number of allylic oxidation sites excluding steroid dienone is 1. The fraction of sp³-hybridized carbons (Fsp3) is 0.357. The molecule has 1 unspecified atom stereocenters. The minimum absolute atomic E-state index is 0.151. The predicted molar refractivity (Wildman–Crippen MR) is 67.2 cm³/mol. The van der Waals surface area contributed by atoms with Gasteiger partial charge in [-0.1, -0.05) is 30.8 Å². The van der Waals surface area contributed by atoms with Gasteiger partial charge in [-0.25, -0.2) is 0 Å². The van der Waals surface area contributed by atoms with Gasteiger partial charge in [-0.3, -0.25) is 9.53 Å². The van der Waals surface area contributed by atoms with Gasteiger partial charge in [0.1, 0.15) is 0 Å².